The number of para-hydroxylation sites is 1. The summed E-state index contributed by atoms with van der Waals surface area (Å²) < 4.78 is 18.3. The van der Waals surface area contributed by atoms with Crippen LogP contribution in [-0.2, 0) is 17.6 Å². The Hall–Kier alpha value is -3.47. The summed E-state index contributed by atoms with van der Waals surface area (Å²) in [5.74, 6) is 2.20. The van der Waals surface area contributed by atoms with Crippen LogP contribution in [0.4, 0.5) is 0 Å². The summed E-state index contributed by atoms with van der Waals surface area (Å²) in [6.45, 7) is 8.64. The summed E-state index contributed by atoms with van der Waals surface area (Å²) in [4.78, 5) is 10.9. The summed E-state index contributed by atoms with van der Waals surface area (Å²) in [5, 5.41) is 8.96. The van der Waals surface area contributed by atoms with E-state index in [1.807, 2.05) is 75.4 Å². The first kappa shape index (κ1) is 25.2. The average Bonchev–Trinajstić information content (AvgIpc) is 2.80. The Balaban J connectivity index is 1.59. The van der Waals surface area contributed by atoms with Crippen LogP contribution in [0.15, 0.2) is 60.7 Å². The molecule has 0 aliphatic carbocycles. The van der Waals surface area contributed by atoms with E-state index in [1.165, 1.54) is 5.56 Å². The lowest BCUT2D eigenvalue weighted by Gasteiger charge is -2.19. The van der Waals surface area contributed by atoms with Gasteiger partial charge < -0.3 is 19.3 Å². The van der Waals surface area contributed by atoms with Crippen LogP contribution in [0.1, 0.15) is 48.9 Å². The fourth-order valence-electron chi connectivity index (χ4n) is 3.85. The minimum absolute atomic E-state index is 0.0670. The Morgan fingerprint density at radius 2 is 1.65 bits per heavy atom. The third kappa shape index (κ3) is 7.27. The normalized spacial score (nSPS) is 11.6. The van der Waals surface area contributed by atoms with Crippen LogP contribution in [0.3, 0.4) is 0 Å². The molecule has 5 nitrogen and oxygen atoms in total. The van der Waals surface area contributed by atoms with Crippen molar-refractivity contribution in [3.63, 3.8) is 0 Å². The van der Waals surface area contributed by atoms with Crippen LogP contribution in [0.25, 0.3) is 0 Å². The van der Waals surface area contributed by atoms with Crippen molar-refractivity contribution in [2.75, 3.05) is 6.61 Å². The van der Waals surface area contributed by atoms with Crippen LogP contribution >= 0.6 is 0 Å². The lowest BCUT2D eigenvalue weighted by molar-refractivity contribution is -0.136. The van der Waals surface area contributed by atoms with Crippen molar-refractivity contribution in [1.29, 1.82) is 0 Å². The molecule has 0 heterocycles. The van der Waals surface area contributed by atoms with Crippen molar-refractivity contribution < 1.29 is 24.1 Å². The smallest absolute Gasteiger partial charge is 0.303 e. The predicted molar refractivity (Wildman–Crippen MR) is 134 cm³/mol. The minimum atomic E-state index is -0.783. The highest BCUT2D eigenvalue weighted by Crippen LogP contribution is 2.34. The van der Waals surface area contributed by atoms with Gasteiger partial charge in [0.05, 0.1) is 12.7 Å². The van der Waals surface area contributed by atoms with Gasteiger partial charge in [0.15, 0.2) is 11.5 Å². The van der Waals surface area contributed by atoms with E-state index in [1.54, 1.807) is 0 Å². The summed E-state index contributed by atoms with van der Waals surface area (Å²) in [6.07, 6.45) is 2.22. The van der Waals surface area contributed by atoms with Crippen molar-refractivity contribution in [3.05, 3.63) is 82.9 Å². The number of carboxylic acids is 1. The fraction of sp³-hybridized carbons (Fsp3) is 0.345. The highest BCUT2D eigenvalue weighted by atomic mass is 16.5. The monoisotopic (exact) mass is 462 g/mol. The Kier molecular flexibility index (Phi) is 8.97. The summed E-state index contributed by atoms with van der Waals surface area (Å²) in [6, 6.07) is 19.7. The molecule has 5 heteroatoms. The van der Waals surface area contributed by atoms with Gasteiger partial charge in [-0.2, -0.15) is 0 Å². The van der Waals surface area contributed by atoms with E-state index in [2.05, 4.69) is 13.0 Å². The topological polar surface area (TPSA) is 65.0 Å². The Labute approximate surface area is 202 Å². The van der Waals surface area contributed by atoms with E-state index in [9.17, 15) is 4.79 Å². The molecule has 0 aromatic heterocycles. The first-order chi connectivity index (χ1) is 16.4. The molecule has 1 N–H and O–H groups in total. The number of carbonyl (C=O) groups is 1. The van der Waals surface area contributed by atoms with Gasteiger partial charge in [-0.15, -0.1) is 0 Å². The van der Waals surface area contributed by atoms with Crippen molar-refractivity contribution in [2.45, 2.75) is 59.5 Å². The number of hydrogen-bond acceptors (Lipinski definition) is 4. The van der Waals surface area contributed by atoms with Gasteiger partial charge in [0.2, 0.25) is 0 Å². The van der Waals surface area contributed by atoms with E-state index in [0.717, 1.165) is 34.6 Å². The number of ether oxygens (including phenoxy) is 3. The van der Waals surface area contributed by atoms with Crippen molar-refractivity contribution >= 4 is 5.97 Å². The van der Waals surface area contributed by atoms with Gasteiger partial charge in [0, 0.05) is 12.8 Å². The number of carboxylic acid groups (broad SMARTS) is 1. The van der Waals surface area contributed by atoms with Gasteiger partial charge in [-0.05, 0) is 92.3 Å². The zero-order chi connectivity index (χ0) is 24.5. The Morgan fingerprint density at radius 1 is 0.941 bits per heavy atom. The maximum Gasteiger partial charge on any atom is 0.303 e. The van der Waals surface area contributed by atoms with E-state index in [-0.39, 0.29) is 12.5 Å². The molecule has 0 radical (unpaired) electrons. The molecular formula is C29H34O5. The second-order valence-corrected chi connectivity index (χ2v) is 8.54. The molecule has 0 aliphatic rings. The van der Waals surface area contributed by atoms with Gasteiger partial charge in [0.1, 0.15) is 11.5 Å². The molecule has 3 rings (SSSR count). The molecule has 3 aromatic rings. The molecule has 0 spiro atoms. The standard InChI is InChI=1S/C29H34O5/c1-5-23-11-13-27(28(19-23)34-24-9-7-6-8-10-24)33-22(4)15-16-32-25-17-20(2)26(21(3)18-25)12-14-29(30)31/h6-11,13,17-19,22H,5,12,14-16H2,1-4H3,(H,30,31). The molecule has 1 atom stereocenters. The molecule has 0 saturated heterocycles. The van der Waals surface area contributed by atoms with Gasteiger partial charge >= 0.3 is 5.97 Å². The summed E-state index contributed by atoms with van der Waals surface area (Å²) in [7, 11) is 0. The van der Waals surface area contributed by atoms with Crippen LogP contribution < -0.4 is 14.2 Å². The number of benzene rings is 3. The SMILES string of the molecule is CCc1ccc(OC(C)CCOc2cc(C)c(CCC(=O)O)c(C)c2)c(Oc2ccccc2)c1. The zero-order valence-electron chi connectivity index (χ0n) is 20.5. The molecule has 3 aromatic carbocycles. The van der Waals surface area contributed by atoms with Crippen molar-refractivity contribution in [2.24, 2.45) is 0 Å². The van der Waals surface area contributed by atoms with Crippen LogP contribution in [0.2, 0.25) is 0 Å². The highest BCUT2D eigenvalue weighted by Gasteiger charge is 2.13. The predicted octanol–water partition coefficient (Wildman–Crippen LogP) is 6.91. The van der Waals surface area contributed by atoms with E-state index >= 15 is 0 Å². The van der Waals surface area contributed by atoms with Gasteiger partial charge in [-0.25, -0.2) is 0 Å². The van der Waals surface area contributed by atoms with E-state index < -0.39 is 5.97 Å². The molecule has 1 unspecified atom stereocenters. The van der Waals surface area contributed by atoms with Gasteiger partial charge in [-0.3, -0.25) is 4.79 Å². The maximum absolute atomic E-state index is 10.9. The number of hydrogen-bond donors (Lipinski definition) is 1. The third-order valence-corrected chi connectivity index (χ3v) is 5.77. The number of aryl methyl sites for hydroxylation is 3. The van der Waals surface area contributed by atoms with Gasteiger partial charge in [0.25, 0.3) is 0 Å². The quantitative estimate of drug-likeness (QED) is 0.317. The number of aliphatic carboxylic acids is 1. The van der Waals surface area contributed by atoms with Crippen LogP contribution in [0, 0.1) is 13.8 Å². The molecule has 0 amide bonds. The second-order valence-electron chi connectivity index (χ2n) is 8.54. The zero-order valence-corrected chi connectivity index (χ0v) is 20.5. The summed E-state index contributed by atoms with van der Waals surface area (Å²) in [5.41, 5.74) is 4.37. The van der Waals surface area contributed by atoms with Crippen molar-refractivity contribution in [1.82, 2.24) is 0 Å². The average molecular weight is 463 g/mol. The Morgan fingerprint density at radius 3 is 2.29 bits per heavy atom. The molecule has 0 saturated carbocycles. The first-order valence-corrected chi connectivity index (χ1v) is 11.8. The lowest BCUT2D eigenvalue weighted by atomic mass is 9.98. The first-order valence-electron chi connectivity index (χ1n) is 11.8. The molecule has 0 bridgehead atoms. The fourth-order valence-corrected chi connectivity index (χ4v) is 3.85. The van der Waals surface area contributed by atoms with Crippen LogP contribution in [0.5, 0.6) is 23.0 Å². The molecular weight excluding hydrogens is 428 g/mol. The van der Waals surface area contributed by atoms with Crippen molar-refractivity contribution in [3.8, 4) is 23.0 Å². The summed E-state index contributed by atoms with van der Waals surface area (Å²) >= 11 is 0. The van der Waals surface area contributed by atoms with Gasteiger partial charge in [-0.1, -0.05) is 31.2 Å². The molecule has 0 aliphatic heterocycles. The maximum atomic E-state index is 10.9. The van der Waals surface area contributed by atoms with E-state index in [0.29, 0.717) is 30.9 Å². The van der Waals surface area contributed by atoms with Crippen LogP contribution in [-0.4, -0.2) is 23.8 Å². The highest BCUT2D eigenvalue weighted by molar-refractivity contribution is 5.67. The lowest BCUT2D eigenvalue weighted by Crippen LogP contribution is -2.16. The largest absolute Gasteiger partial charge is 0.493 e. The second kappa shape index (κ2) is 12.1. The minimum Gasteiger partial charge on any atom is -0.493 e. The molecule has 180 valence electrons. The number of rotatable bonds is 12. The molecule has 0 fully saturated rings. The Bertz CT molecular complexity index is 1070. The van der Waals surface area contributed by atoms with E-state index in [4.69, 9.17) is 19.3 Å². The third-order valence-electron chi connectivity index (χ3n) is 5.77. The molecule has 34 heavy (non-hydrogen) atoms.